The van der Waals surface area contributed by atoms with Crippen LogP contribution in [0.5, 0.6) is 0 Å². The monoisotopic (exact) mass is 196 g/mol. The molecule has 0 unspecified atom stereocenters. The molecule has 0 aromatic carbocycles. The van der Waals surface area contributed by atoms with Crippen molar-refractivity contribution in [1.82, 2.24) is 0 Å². The molecule has 0 radical (unpaired) electrons. The Morgan fingerprint density at radius 3 is 2.86 bits per heavy atom. The Bertz CT molecular complexity index is 111. The molecule has 0 saturated heterocycles. The number of rotatable bonds is 1. The summed E-state index contributed by atoms with van der Waals surface area (Å²) >= 11 is -0.336. The van der Waals surface area contributed by atoms with Crippen LogP contribution in [0.1, 0.15) is 6.42 Å². The van der Waals surface area contributed by atoms with Crippen LogP contribution in [-0.4, -0.2) is 22.9 Å². The Morgan fingerprint density at radius 1 is 1.71 bits per heavy atom. The fourth-order valence-corrected chi connectivity index (χ4v) is 3.11. The zero-order chi connectivity index (χ0) is 5.11. The predicted octanol–water partition coefficient (Wildman–Crippen LogP) is 1.31. The third-order valence-corrected chi connectivity index (χ3v) is 5.39. The van der Waals surface area contributed by atoms with Gasteiger partial charge in [0.25, 0.3) is 0 Å². The van der Waals surface area contributed by atoms with Gasteiger partial charge in [-0.15, -0.1) is 0 Å². The second-order valence-electron chi connectivity index (χ2n) is 1.81. The standard InChI is InChI=1S/C5H5.CH3.In.H/c1-2-4-5-3-1;;;/h1-3H,4H2;1H3;;. The molecule has 0 aliphatic heterocycles. The molecule has 0 amide bonds. The molecule has 7 heavy (non-hydrogen) atoms. The van der Waals surface area contributed by atoms with Gasteiger partial charge in [-0.3, -0.25) is 0 Å². The van der Waals surface area contributed by atoms with E-state index in [-0.39, 0.29) is 22.9 Å². The maximum absolute atomic E-state index is 2.40. The van der Waals surface area contributed by atoms with Crippen LogP contribution in [-0.2, 0) is 0 Å². The van der Waals surface area contributed by atoms with Crippen molar-refractivity contribution >= 4 is 22.9 Å². The molecule has 0 N–H and O–H groups in total. The van der Waals surface area contributed by atoms with E-state index in [0.29, 0.717) is 0 Å². The van der Waals surface area contributed by atoms with Crippen LogP contribution in [0.3, 0.4) is 0 Å². The molecule has 36 valence electrons. The van der Waals surface area contributed by atoms with E-state index in [2.05, 4.69) is 22.9 Å². The molecule has 0 nitrogen and oxygen atoms in total. The fourth-order valence-electron chi connectivity index (χ4n) is 0.754. The molecule has 0 bridgehead atoms. The molecule has 1 aliphatic carbocycles. The minimum absolute atomic E-state index is 0.336. The van der Waals surface area contributed by atoms with E-state index < -0.39 is 0 Å². The minimum atomic E-state index is -0.336. The van der Waals surface area contributed by atoms with Gasteiger partial charge in [0.2, 0.25) is 0 Å². The Hall–Kier alpha value is 0.350. The molecule has 0 fully saturated rings. The van der Waals surface area contributed by atoms with E-state index >= 15 is 0 Å². The SMILES string of the molecule is [CH3][InH][C]1=CC=CC1. The molecule has 0 aromatic rings. The van der Waals surface area contributed by atoms with Crippen molar-refractivity contribution in [2.75, 3.05) is 0 Å². The number of hydrogen-bond donors (Lipinski definition) is 0. The first-order valence-corrected chi connectivity index (χ1v) is 8.83. The van der Waals surface area contributed by atoms with E-state index in [0.717, 1.165) is 0 Å². The van der Waals surface area contributed by atoms with Crippen LogP contribution >= 0.6 is 0 Å². The summed E-state index contributed by atoms with van der Waals surface area (Å²) in [6.45, 7) is 0. The van der Waals surface area contributed by atoms with Gasteiger partial charge in [-0.25, -0.2) is 0 Å². The Kier molecular flexibility index (Phi) is 2.04. The predicted molar refractivity (Wildman–Crippen MR) is 34.9 cm³/mol. The van der Waals surface area contributed by atoms with E-state index in [1.54, 1.807) is 3.33 Å². The summed E-state index contributed by atoms with van der Waals surface area (Å²) in [5.41, 5.74) is 0. The average Bonchev–Trinajstić information content (AvgIpc) is 2.14. The first-order chi connectivity index (χ1) is 3.43. The zero-order valence-electron chi connectivity index (χ0n) is 4.65. The van der Waals surface area contributed by atoms with Gasteiger partial charge < -0.3 is 0 Å². The second kappa shape index (κ2) is 2.61. The van der Waals surface area contributed by atoms with Crippen LogP contribution in [0.4, 0.5) is 0 Å². The molecule has 1 aliphatic rings. The summed E-state index contributed by atoms with van der Waals surface area (Å²) in [6.07, 6.45) is 7.99. The Morgan fingerprint density at radius 2 is 2.57 bits per heavy atom. The molecule has 0 atom stereocenters. The van der Waals surface area contributed by atoms with Crippen molar-refractivity contribution in [3.05, 3.63) is 21.6 Å². The van der Waals surface area contributed by atoms with Crippen molar-refractivity contribution in [2.24, 2.45) is 0 Å². The van der Waals surface area contributed by atoms with Gasteiger partial charge in [-0.05, 0) is 0 Å². The molecule has 0 spiro atoms. The fraction of sp³-hybridized carbons (Fsp3) is 0.333. The van der Waals surface area contributed by atoms with Crippen molar-refractivity contribution < 1.29 is 0 Å². The molecule has 0 heterocycles. The molecule has 1 heteroatoms. The van der Waals surface area contributed by atoms with Crippen LogP contribution in [0.25, 0.3) is 0 Å². The van der Waals surface area contributed by atoms with Crippen molar-refractivity contribution in [1.29, 1.82) is 0 Å². The normalized spacial score (nSPS) is 17.0. The van der Waals surface area contributed by atoms with Gasteiger partial charge in [0.1, 0.15) is 0 Å². The van der Waals surface area contributed by atoms with Crippen LogP contribution in [0.15, 0.2) is 21.6 Å². The second-order valence-corrected chi connectivity index (χ2v) is 6.42. The molecule has 0 saturated carbocycles. The van der Waals surface area contributed by atoms with Crippen molar-refractivity contribution in [3.63, 3.8) is 0 Å². The van der Waals surface area contributed by atoms with Crippen LogP contribution < -0.4 is 0 Å². The van der Waals surface area contributed by atoms with Gasteiger partial charge in [0.15, 0.2) is 0 Å². The molecular weight excluding hydrogens is 187 g/mol. The summed E-state index contributed by atoms with van der Waals surface area (Å²) in [7, 11) is 0. The van der Waals surface area contributed by atoms with Crippen LogP contribution in [0, 0.1) is 0 Å². The average molecular weight is 196 g/mol. The molecular formula is C6H9In. The van der Waals surface area contributed by atoms with Crippen LogP contribution in [0.2, 0.25) is 4.68 Å². The van der Waals surface area contributed by atoms with Gasteiger partial charge in [0.05, 0.1) is 0 Å². The summed E-state index contributed by atoms with van der Waals surface area (Å²) in [5, 5.41) is 0. The Balaban J connectivity index is 2.45. The molecule has 0 aromatic heterocycles. The summed E-state index contributed by atoms with van der Waals surface area (Å²) < 4.78 is 4.17. The zero-order valence-corrected chi connectivity index (χ0v) is 8.68. The van der Waals surface area contributed by atoms with Gasteiger partial charge >= 0.3 is 55.6 Å². The van der Waals surface area contributed by atoms with E-state index in [9.17, 15) is 0 Å². The summed E-state index contributed by atoms with van der Waals surface area (Å²) in [4.78, 5) is 0. The first-order valence-electron chi connectivity index (χ1n) is 2.78. The maximum atomic E-state index is 2.40. The quantitative estimate of drug-likeness (QED) is 0.593. The van der Waals surface area contributed by atoms with Gasteiger partial charge in [0, 0.05) is 0 Å². The number of allylic oxidation sites excluding steroid dienone is 4. The van der Waals surface area contributed by atoms with E-state index in [1.807, 2.05) is 0 Å². The van der Waals surface area contributed by atoms with Gasteiger partial charge in [-0.2, -0.15) is 0 Å². The van der Waals surface area contributed by atoms with Crippen molar-refractivity contribution in [3.8, 4) is 0 Å². The third kappa shape index (κ3) is 1.37. The van der Waals surface area contributed by atoms with E-state index in [4.69, 9.17) is 0 Å². The summed E-state index contributed by atoms with van der Waals surface area (Å²) in [6, 6.07) is 0. The summed E-state index contributed by atoms with van der Waals surface area (Å²) in [5.74, 6) is 0. The topological polar surface area (TPSA) is 0 Å². The first kappa shape index (κ1) is 5.49. The molecule has 1 rings (SSSR count). The Labute approximate surface area is 55.7 Å². The third-order valence-electron chi connectivity index (χ3n) is 1.30. The van der Waals surface area contributed by atoms with Crippen molar-refractivity contribution in [2.45, 2.75) is 11.1 Å². The van der Waals surface area contributed by atoms with Gasteiger partial charge in [-0.1, -0.05) is 0 Å². The van der Waals surface area contributed by atoms with E-state index in [1.165, 1.54) is 6.42 Å². The number of hydrogen-bond acceptors (Lipinski definition) is 0.